The Labute approximate surface area is 310 Å². The molecule has 2 amide bonds. The van der Waals surface area contributed by atoms with Crippen molar-refractivity contribution in [3.63, 3.8) is 0 Å². The third kappa shape index (κ3) is 8.71. The number of piperidine rings is 1. The summed E-state index contributed by atoms with van der Waals surface area (Å²) >= 11 is 0.964. The Morgan fingerprint density at radius 2 is 2.02 bits per heavy atom. The fraction of sp³-hybridized carbons (Fsp3) is 0.562. The molecule has 5 rings (SSSR count). The molecule has 0 bridgehead atoms. The Hall–Kier alpha value is -4.41. The van der Waals surface area contributed by atoms with Crippen LogP contribution in [0.1, 0.15) is 63.3 Å². The summed E-state index contributed by atoms with van der Waals surface area (Å²) in [5.74, 6) is -2.80. The number of hydrogen-bond donors (Lipinski definition) is 7. The number of ether oxygens (including phenoxy) is 2. The number of carboxylic acids is 1. The number of β-lactam (4-membered cyclic amide) rings is 1. The topological polar surface area (TPSA) is 277 Å². The fourth-order valence-electron chi connectivity index (χ4n) is 6.50. The number of methoxy groups -OCH3 is 1. The smallest absolute Gasteiger partial charge is 0.418 e. The van der Waals surface area contributed by atoms with Crippen LogP contribution in [0.25, 0.3) is 0 Å². The van der Waals surface area contributed by atoms with E-state index in [1.165, 1.54) is 26.2 Å². The number of aliphatic carboxylic acids is 1. The summed E-state index contributed by atoms with van der Waals surface area (Å²) in [5, 5.41) is 33.9. The molecular weight excluding hydrogens is 737 g/mol. The Bertz CT molecular complexity index is 1880. The van der Waals surface area contributed by atoms with Crippen molar-refractivity contribution < 1.29 is 51.1 Å². The number of nitrogen functional groups attached to an aromatic ring is 1. The molecular formula is C32H44N8O11S2. The van der Waals surface area contributed by atoms with Crippen molar-refractivity contribution in [2.45, 2.75) is 76.2 Å². The summed E-state index contributed by atoms with van der Waals surface area (Å²) < 4.78 is 47.2. The van der Waals surface area contributed by atoms with E-state index in [0.717, 1.165) is 49.3 Å². The van der Waals surface area contributed by atoms with Gasteiger partial charge in [0.25, 0.3) is 17.4 Å². The highest BCUT2D eigenvalue weighted by molar-refractivity contribution is 7.80. The van der Waals surface area contributed by atoms with Crippen LogP contribution in [-0.2, 0) is 45.1 Å². The van der Waals surface area contributed by atoms with E-state index >= 15 is 0 Å². The van der Waals surface area contributed by atoms with E-state index in [1.807, 2.05) is 6.07 Å². The molecule has 3 aliphatic heterocycles. The van der Waals surface area contributed by atoms with Gasteiger partial charge in [-0.3, -0.25) is 19.6 Å². The zero-order chi connectivity index (χ0) is 38.8. The number of amides is 2. The Balaban J connectivity index is 1.30. The molecule has 53 heavy (non-hydrogen) atoms. The maximum absolute atomic E-state index is 13.5. The number of rotatable bonds is 15. The first-order valence-electron chi connectivity index (χ1n) is 16.7. The molecule has 3 aliphatic rings. The van der Waals surface area contributed by atoms with Gasteiger partial charge in [0.15, 0.2) is 16.9 Å². The van der Waals surface area contributed by atoms with E-state index in [1.54, 1.807) is 19.2 Å². The van der Waals surface area contributed by atoms with Gasteiger partial charge < -0.3 is 41.1 Å². The molecule has 290 valence electrons. The molecule has 2 saturated heterocycles. The number of nitrogens with one attached hydrogen (secondary N) is 4. The number of carbonyl (C=O) groups is 3. The Morgan fingerprint density at radius 1 is 1.30 bits per heavy atom. The number of thiazole rings is 1. The van der Waals surface area contributed by atoms with Gasteiger partial charge in [-0.1, -0.05) is 5.16 Å². The number of aromatic nitrogens is 1. The molecule has 0 saturated carbocycles. The van der Waals surface area contributed by atoms with Crippen LogP contribution in [0.2, 0.25) is 0 Å². The zero-order valence-corrected chi connectivity index (χ0v) is 31.3. The summed E-state index contributed by atoms with van der Waals surface area (Å²) in [6.45, 7) is 7.07. The molecule has 21 heteroatoms. The molecule has 2 aromatic rings. The maximum atomic E-state index is 13.5. The van der Waals surface area contributed by atoms with E-state index < -0.39 is 57.2 Å². The van der Waals surface area contributed by atoms with Crippen molar-refractivity contribution in [3.05, 3.63) is 40.4 Å². The average Bonchev–Trinajstić information content (AvgIpc) is 3.55. The first-order chi connectivity index (χ1) is 24.9. The van der Waals surface area contributed by atoms with E-state index in [2.05, 4.69) is 30.4 Å². The molecule has 0 radical (unpaired) electrons. The van der Waals surface area contributed by atoms with Gasteiger partial charge >= 0.3 is 16.4 Å². The van der Waals surface area contributed by atoms with E-state index in [0.29, 0.717) is 35.9 Å². The van der Waals surface area contributed by atoms with Crippen LogP contribution in [-0.4, -0.2) is 114 Å². The minimum atomic E-state index is -5.04. The summed E-state index contributed by atoms with van der Waals surface area (Å²) in [4.78, 5) is 48.6. The first kappa shape index (κ1) is 39.8. The van der Waals surface area contributed by atoms with Gasteiger partial charge in [-0.2, -0.15) is 13.5 Å². The van der Waals surface area contributed by atoms with Crippen molar-refractivity contribution in [2.75, 3.05) is 39.1 Å². The van der Waals surface area contributed by atoms with Crippen molar-refractivity contribution in [2.24, 2.45) is 10.6 Å². The SMILES string of the molecule is COCCC1(CNC(=N)c2ccc3c(c2)CC[C@H]([C@](C)(O/N=C(\C(=O)N[C@@H]2C(=O)N(OS(=O)(=O)O)C2(C)C)c2csc(N)n2)C(=O)O)O3)CCNCC1. The number of hydrogen-bond acceptors (Lipinski definition) is 15. The fourth-order valence-corrected chi connectivity index (χ4v) is 7.50. The van der Waals surface area contributed by atoms with Gasteiger partial charge in [-0.15, -0.1) is 15.6 Å². The third-order valence-electron chi connectivity index (χ3n) is 9.90. The Morgan fingerprint density at radius 3 is 2.62 bits per heavy atom. The van der Waals surface area contributed by atoms with Crippen LogP contribution < -0.4 is 26.4 Å². The highest BCUT2D eigenvalue weighted by atomic mass is 32.3. The number of nitrogens with two attached hydrogens (primary N) is 1. The van der Waals surface area contributed by atoms with E-state index in [-0.39, 0.29) is 28.5 Å². The van der Waals surface area contributed by atoms with Gasteiger partial charge in [-0.05, 0) is 95.1 Å². The van der Waals surface area contributed by atoms with Crippen LogP contribution in [0.3, 0.4) is 0 Å². The third-order valence-corrected chi connectivity index (χ3v) is 10.9. The predicted molar refractivity (Wildman–Crippen MR) is 191 cm³/mol. The second-order valence-corrected chi connectivity index (χ2v) is 15.8. The first-order valence-corrected chi connectivity index (χ1v) is 19.0. The van der Waals surface area contributed by atoms with Crippen molar-refractivity contribution in [3.8, 4) is 5.75 Å². The molecule has 0 spiro atoms. The number of hydroxylamine groups is 2. The number of anilines is 1. The van der Waals surface area contributed by atoms with Gasteiger partial charge in [0, 0.05) is 31.2 Å². The van der Waals surface area contributed by atoms with Crippen molar-refractivity contribution in [1.82, 2.24) is 26.0 Å². The second kappa shape index (κ2) is 15.5. The van der Waals surface area contributed by atoms with Crippen LogP contribution in [0, 0.1) is 10.8 Å². The van der Waals surface area contributed by atoms with Crippen LogP contribution >= 0.6 is 11.3 Å². The largest absolute Gasteiger partial charge is 0.485 e. The lowest BCUT2D eigenvalue weighted by Crippen LogP contribution is -2.76. The molecule has 1 aromatic heterocycles. The average molecular weight is 781 g/mol. The minimum Gasteiger partial charge on any atom is -0.485 e. The number of carbonyl (C=O) groups excluding carboxylic acids is 2. The molecule has 0 aliphatic carbocycles. The van der Waals surface area contributed by atoms with Crippen LogP contribution in [0.15, 0.2) is 28.7 Å². The summed E-state index contributed by atoms with van der Waals surface area (Å²) in [5.41, 5.74) is 3.04. The highest BCUT2D eigenvalue weighted by Crippen LogP contribution is 2.36. The molecule has 4 heterocycles. The zero-order valence-electron chi connectivity index (χ0n) is 29.6. The van der Waals surface area contributed by atoms with Gasteiger partial charge in [0.05, 0.1) is 5.54 Å². The van der Waals surface area contributed by atoms with Gasteiger partial charge in [-0.25, -0.2) is 9.78 Å². The number of nitrogens with zero attached hydrogens (tertiary/aromatic N) is 3. The highest BCUT2D eigenvalue weighted by Gasteiger charge is 2.58. The normalized spacial score (nSPS) is 22.0. The lowest BCUT2D eigenvalue weighted by molar-refractivity contribution is -0.218. The number of fused-ring (bicyclic) bond motifs is 1. The number of aryl methyl sites for hydroxylation is 1. The lowest BCUT2D eigenvalue weighted by Gasteiger charge is -2.50. The van der Waals surface area contributed by atoms with Gasteiger partial charge in [0.2, 0.25) is 0 Å². The molecule has 2 fully saturated rings. The van der Waals surface area contributed by atoms with Gasteiger partial charge in [0.1, 0.15) is 23.3 Å². The minimum absolute atomic E-state index is 0.0155. The van der Waals surface area contributed by atoms with Crippen molar-refractivity contribution >= 4 is 56.2 Å². The standard InChI is InChI=1S/C32H44N8O11S2/c1-30(2)24(27(42)40(30)51-53(45,46)47)38-26(41)23(20-16-52-29(34)37-20)39-50-31(3,28(43)44)22-8-6-18-15-19(5-7-21(18)49-22)25(33)36-17-32(11-14-48-4)9-12-35-13-10-32/h5,7,15-16,22,24,35H,6,8-14,17H2,1-4H3,(H2,33,36)(H2,34,37)(H,38,41)(H,43,44)(H,45,46,47)/b39-23-/t22-,24-,31+/m1/s1. The number of oxime groups is 1. The summed E-state index contributed by atoms with van der Waals surface area (Å²) in [6, 6.07) is 3.89. The molecule has 0 unspecified atom stereocenters. The van der Waals surface area contributed by atoms with E-state index in [9.17, 15) is 27.9 Å². The van der Waals surface area contributed by atoms with E-state index in [4.69, 9.17) is 30.0 Å². The molecule has 1 aromatic carbocycles. The van der Waals surface area contributed by atoms with Crippen LogP contribution in [0.4, 0.5) is 5.13 Å². The number of benzene rings is 1. The summed E-state index contributed by atoms with van der Waals surface area (Å²) in [6.07, 6.45) is 2.32. The van der Waals surface area contributed by atoms with Crippen LogP contribution in [0.5, 0.6) is 5.75 Å². The molecule has 3 atom stereocenters. The number of carboxylic acid groups (broad SMARTS) is 1. The maximum Gasteiger partial charge on any atom is 0.418 e. The quantitative estimate of drug-likeness (QED) is 0.0434. The lowest BCUT2D eigenvalue weighted by atomic mass is 9.76. The monoisotopic (exact) mass is 780 g/mol. The second-order valence-electron chi connectivity index (χ2n) is 13.9. The van der Waals surface area contributed by atoms with Crippen molar-refractivity contribution in [1.29, 1.82) is 5.41 Å². The molecule has 8 N–H and O–H groups in total. The summed E-state index contributed by atoms with van der Waals surface area (Å²) in [7, 11) is -3.35. The predicted octanol–water partition coefficient (Wildman–Crippen LogP) is 0.844. The Kier molecular flexibility index (Phi) is 11.6. The molecule has 19 nitrogen and oxygen atoms in total. The number of amidine groups is 1.